The van der Waals surface area contributed by atoms with Crippen LogP contribution in [0.15, 0.2) is 134 Å². The minimum Gasteiger partial charge on any atom is -0.462 e. The van der Waals surface area contributed by atoms with Crippen LogP contribution in [-0.2, 0) is 28.6 Å². The van der Waals surface area contributed by atoms with Crippen LogP contribution >= 0.6 is 0 Å². The molecule has 430 valence electrons. The number of unbranched alkanes of at least 4 members (excludes halogenated alkanes) is 22. The SMILES string of the molecule is CC/C=C\C/C=C\C/C=C\C/C=C\C/C=C\C/C=C\CCCCCCCCCCC(=O)OCC(COC(=O)CCCCCCCC)OC(=O)CCCCCCCCCCC/C=C\C/C=C\C/C=C\C/C=C\C/C=C\CC. The molecule has 0 bridgehead atoms. The van der Waals surface area contributed by atoms with Crippen molar-refractivity contribution in [1.29, 1.82) is 0 Å². The zero-order valence-corrected chi connectivity index (χ0v) is 49.2. The van der Waals surface area contributed by atoms with Gasteiger partial charge in [-0.25, -0.2) is 0 Å². The van der Waals surface area contributed by atoms with Gasteiger partial charge < -0.3 is 14.2 Å². The quantitative estimate of drug-likeness (QED) is 0.0261. The smallest absolute Gasteiger partial charge is 0.306 e. The minimum atomic E-state index is -0.787. The fourth-order valence-electron chi connectivity index (χ4n) is 8.30. The van der Waals surface area contributed by atoms with Crippen molar-refractivity contribution in [2.75, 3.05) is 13.2 Å². The van der Waals surface area contributed by atoms with Crippen LogP contribution in [0, 0.1) is 0 Å². The molecule has 0 aromatic rings. The van der Waals surface area contributed by atoms with Gasteiger partial charge in [-0.3, -0.25) is 14.4 Å². The molecule has 0 aliphatic rings. The second-order valence-corrected chi connectivity index (χ2v) is 20.2. The molecule has 0 saturated heterocycles. The van der Waals surface area contributed by atoms with Gasteiger partial charge in [0.1, 0.15) is 13.2 Å². The first-order chi connectivity index (χ1) is 37.5. The third-order valence-corrected chi connectivity index (χ3v) is 12.9. The van der Waals surface area contributed by atoms with E-state index in [0.717, 1.165) is 141 Å². The van der Waals surface area contributed by atoms with Crippen LogP contribution in [0.3, 0.4) is 0 Å². The van der Waals surface area contributed by atoms with Crippen molar-refractivity contribution in [3.05, 3.63) is 134 Å². The average molecular weight is 1050 g/mol. The number of rotatable bonds is 55. The van der Waals surface area contributed by atoms with E-state index in [1.54, 1.807) is 0 Å². The molecule has 1 unspecified atom stereocenters. The van der Waals surface area contributed by atoms with E-state index < -0.39 is 6.10 Å². The molecule has 0 aromatic carbocycles. The Morgan fingerprint density at radius 1 is 0.276 bits per heavy atom. The van der Waals surface area contributed by atoms with Gasteiger partial charge in [0.25, 0.3) is 0 Å². The molecule has 0 aromatic heterocycles. The Hall–Kier alpha value is -4.45. The number of allylic oxidation sites excluding steroid dienone is 22. The number of carbonyl (C=O) groups is 3. The van der Waals surface area contributed by atoms with Gasteiger partial charge in [-0.15, -0.1) is 0 Å². The summed E-state index contributed by atoms with van der Waals surface area (Å²) in [6.45, 7) is 6.34. The lowest BCUT2D eigenvalue weighted by Crippen LogP contribution is -2.30. The summed E-state index contributed by atoms with van der Waals surface area (Å²) in [5.41, 5.74) is 0. The van der Waals surface area contributed by atoms with E-state index in [9.17, 15) is 14.4 Å². The van der Waals surface area contributed by atoms with E-state index in [1.807, 2.05) is 0 Å². The van der Waals surface area contributed by atoms with Gasteiger partial charge in [0.2, 0.25) is 0 Å². The maximum Gasteiger partial charge on any atom is 0.306 e. The monoisotopic (exact) mass is 1050 g/mol. The Kier molecular flexibility index (Phi) is 59.4. The first-order valence-electron chi connectivity index (χ1n) is 31.2. The van der Waals surface area contributed by atoms with E-state index in [2.05, 4.69) is 154 Å². The molecule has 0 spiro atoms. The lowest BCUT2D eigenvalue weighted by atomic mass is 10.1. The van der Waals surface area contributed by atoms with Crippen LogP contribution in [0.4, 0.5) is 0 Å². The van der Waals surface area contributed by atoms with Crippen molar-refractivity contribution < 1.29 is 28.6 Å². The summed E-state index contributed by atoms with van der Waals surface area (Å²) in [5, 5.41) is 0. The Morgan fingerprint density at radius 2 is 0.513 bits per heavy atom. The summed E-state index contributed by atoms with van der Waals surface area (Å²) in [6, 6.07) is 0. The number of hydrogen-bond donors (Lipinski definition) is 0. The molecule has 0 amide bonds. The Labute approximate surface area is 468 Å². The molecule has 0 aliphatic heterocycles. The minimum absolute atomic E-state index is 0.0859. The molecule has 6 heteroatoms. The molecular weight excluding hydrogens is 937 g/mol. The summed E-state index contributed by atoms with van der Waals surface area (Å²) in [5.74, 6) is -0.911. The largest absolute Gasteiger partial charge is 0.462 e. The van der Waals surface area contributed by atoms with Gasteiger partial charge in [0.05, 0.1) is 0 Å². The van der Waals surface area contributed by atoms with E-state index >= 15 is 0 Å². The molecule has 76 heavy (non-hydrogen) atoms. The predicted octanol–water partition coefficient (Wildman–Crippen LogP) is 21.4. The first kappa shape index (κ1) is 71.5. The summed E-state index contributed by atoms with van der Waals surface area (Å²) in [4.78, 5) is 38.0. The molecular formula is C70H114O6. The first-order valence-corrected chi connectivity index (χ1v) is 31.2. The van der Waals surface area contributed by atoms with Gasteiger partial charge in [-0.1, -0.05) is 270 Å². The van der Waals surface area contributed by atoms with Crippen molar-refractivity contribution >= 4 is 17.9 Å². The Bertz CT molecular complexity index is 1630. The van der Waals surface area contributed by atoms with E-state index in [1.165, 1.54) is 89.9 Å². The Morgan fingerprint density at radius 3 is 0.803 bits per heavy atom. The molecule has 0 heterocycles. The summed E-state index contributed by atoms with van der Waals surface area (Å²) < 4.78 is 16.8. The molecule has 0 N–H and O–H groups in total. The average Bonchev–Trinajstić information content (AvgIpc) is 3.42. The maximum atomic E-state index is 12.8. The van der Waals surface area contributed by atoms with Crippen molar-refractivity contribution in [1.82, 2.24) is 0 Å². The number of hydrogen-bond acceptors (Lipinski definition) is 6. The number of ether oxygens (including phenoxy) is 3. The van der Waals surface area contributed by atoms with E-state index in [0.29, 0.717) is 19.3 Å². The fourth-order valence-corrected chi connectivity index (χ4v) is 8.30. The highest BCUT2D eigenvalue weighted by atomic mass is 16.6. The molecule has 0 aliphatic carbocycles. The van der Waals surface area contributed by atoms with Crippen LogP contribution in [0.25, 0.3) is 0 Å². The summed E-state index contributed by atoms with van der Waals surface area (Å²) >= 11 is 0. The van der Waals surface area contributed by atoms with E-state index in [-0.39, 0.29) is 31.1 Å². The second kappa shape index (κ2) is 63.1. The standard InChI is InChI=1S/C70H114O6/c1-4-7-10-13-16-18-20-22-24-26-28-30-32-34-35-37-38-40-42-44-46-48-50-52-54-57-60-63-69(72)75-66-67(65-74-68(71)62-59-56-15-12-9-6-3)76-70(73)64-61-58-55-53-51-49-47-45-43-41-39-36-33-31-29-27-25-23-21-19-17-14-11-8-5-2/h7-8,10-11,16-19,22-25,28-31,34-36,38-40,67H,4-6,9,12-15,20-21,26-27,32-33,37,41-66H2,1-3H3/b10-7-,11-8-,18-16-,19-17-,24-22-,25-23-,30-28-,31-29-,35-34-,39-36-,40-38-. The zero-order valence-electron chi connectivity index (χ0n) is 49.2. The highest BCUT2D eigenvalue weighted by Crippen LogP contribution is 2.15. The second-order valence-electron chi connectivity index (χ2n) is 20.2. The maximum absolute atomic E-state index is 12.8. The lowest BCUT2D eigenvalue weighted by Gasteiger charge is -2.18. The van der Waals surface area contributed by atoms with Crippen molar-refractivity contribution in [2.45, 2.75) is 277 Å². The normalized spacial score (nSPS) is 13.0. The molecule has 1 atom stereocenters. The highest BCUT2D eigenvalue weighted by Gasteiger charge is 2.19. The van der Waals surface area contributed by atoms with Crippen LogP contribution < -0.4 is 0 Å². The van der Waals surface area contributed by atoms with Crippen LogP contribution in [0.2, 0.25) is 0 Å². The molecule has 0 saturated carbocycles. The third-order valence-electron chi connectivity index (χ3n) is 12.9. The van der Waals surface area contributed by atoms with Crippen LogP contribution in [-0.4, -0.2) is 37.2 Å². The van der Waals surface area contributed by atoms with Crippen molar-refractivity contribution in [2.24, 2.45) is 0 Å². The van der Waals surface area contributed by atoms with Crippen LogP contribution in [0.1, 0.15) is 271 Å². The van der Waals surface area contributed by atoms with Gasteiger partial charge >= 0.3 is 17.9 Å². The summed E-state index contributed by atoms with van der Waals surface area (Å²) in [7, 11) is 0. The van der Waals surface area contributed by atoms with E-state index in [4.69, 9.17) is 14.2 Å². The van der Waals surface area contributed by atoms with Gasteiger partial charge in [0.15, 0.2) is 6.10 Å². The van der Waals surface area contributed by atoms with Crippen molar-refractivity contribution in [3.8, 4) is 0 Å². The van der Waals surface area contributed by atoms with Gasteiger partial charge in [-0.05, 0) is 116 Å². The number of esters is 3. The third kappa shape index (κ3) is 60.4. The topological polar surface area (TPSA) is 78.9 Å². The zero-order chi connectivity index (χ0) is 55.0. The fraction of sp³-hybridized carbons (Fsp3) is 0.643. The summed E-state index contributed by atoms with van der Waals surface area (Å²) in [6.07, 6.45) is 89.1. The van der Waals surface area contributed by atoms with Gasteiger partial charge in [-0.2, -0.15) is 0 Å². The predicted molar refractivity (Wildman–Crippen MR) is 329 cm³/mol. The molecule has 0 fully saturated rings. The number of carbonyl (C=O) groups excluding carboxylic acids is 3. The van der Waals surface area contributed by atoms with Gasteiger partial charge in [0, 0.05) is 19.3 Å². The molecule has 0 rings (SSSR count). The highest BCUT2D eigenvalue weighted by molar-refractivity contribution is 5.71. The van der Waals surface area contributed by atoms with Crippen molar-refractivity contribution in [3.63, 3.8) is 0 Å². The Balaban J connectivity index is 4.17. The lowest BCUT2D eigenvalue weighted by molar-refractivity contribution is -0.167. The van der Waals surface area contributed by atoms with Crippen LogP contribution in [0.5, 0.6) is 0 Å². The molecule has 0 radical (unpaired) electrons. The molecule has 6 nitrogen and oxygen atoms in total.